The molecule has 0 saturated carbocycles. The molecule has 1 aliphatic rings. The molecule has 0 aliphatic carbocycles. The number of aromatic nitrogens is 1. The number of nitrogens with one attached hydrogen (secondary N) is 1. The Bertz CT molecular complexity index is 1890. The number of fused-ring (bicyclic) bond motifs is 8. The van der Waals surface area contributed by atoms with Crippen LogP contribution in [0.4, 0.5) is 0 Å². The van der Waals surface area contributed by atoms with Gasteiger partial charge in [0, 0.05) is 21.8 Å². The molecule has 2 heteroatoms. The molecule has 0 bridgehead atoms. The van der Waals surface area contributed by atoms with Crippen LogP contribution in [0.5, 0.6) is 0 Å². The van der Waals surface area contributed by atoms with Crippen LogP contribution in [-0.4, -0.2) is 13.1 Å². The second-order valence-corrected chi connectivity index (χ2v) is 13.5. The molecule has 1 aromatic heterocycles. The zero-order chi connectivity index (χ0) is 23.7. The lowest BCUT2D eigenvalue weighted by molar-refractivity contribution is 1.55. The van der Waals surface area contributed by atoms with Crippen LogP contribution in [0.15, 0.2) is 133 Å². The molecule has 0 radical (unpaired) electrons. The number of benzene rings is 6. The monoisotopic (exact) mass is 473 g/mol. The summed E-state index contributed by atoms with van der Waals surface area (Å²) in [5.74, 6) is 0. The second-order valence-electron chi connectivity index (χ2n) is 9.81. The van der Waals surface area contributed by atoms with Crippen molar-refractivity contribution >= 4 is 61.4 Å². The first-order chi connectivity index (χ1) is 17.9. The lowest BCUT2D eigenvalue weighted by Gasteiger charge is -2.31. The summed E-state index contributed by atoms with van der Waals surface area (Å²) in [4.78, 5) is 3.68. The van der Waals surface area contributed by atoms with Gasteiger partial charge in [-0.15, -0.1) is 0 Å². The van der Waals surface area contributed by atoms with Gasteiger partial charge in [0.25, 0.3) is 0 Å². The molecule has 0 saturated heterocycles. The van der Waals surface area contributed by atoms with E-state index in [1.54, 1.807) is 0 Å². The highest BCUT2D eigenvalue weighted by atomic mass is 28.3. The SMILES string of the molecule is c1ccc([Si]2(c3ccccc3)c3ccccc3-c3c2ccc2cc4c(cc32)[nH]c2ccccc24)cc1. The third-order valence-electron chi connectivity index (χ3n) is 8.06. The molecular formula is C34H23NSi. The van der Waals surface area contributed by atoms with E-state index >= 15 is 0 Å². The quantitative estimate of drug-likeness (QED) is 0.304. The predicted molar refractivity (Wildman–Crippen MR) is 156 cm³/mol. The molecule has 2 heterocycles. The Labute approximate surface area is 210 Å². The van der Waals surface area contributed by atoms with E-state index in [9.17, 15) is 0 Å². The first-order valence-corrected chi connectivity index (χ1v) is 14.5. The number of rotatable bonds is 2. The van der Waals surface area contributed by atoms with Gasteiger partial charge in [0.1, 0.15) is 0 Å². The van der Waals surface area contributed by atoms with Crippen molar-refractivity contribution in [1.82, 2.24) is 4.98 Å². The standard InChI is InChI=1S/C34H23NSi/c1-3-11-24(12-4-1)36(25-13-5-2-6-14-25)32-18-10-8-16-27(32)34-28-22-31-29(21-23(28)19-20-33(34)36)26-15-7-9-17-30(26)35-31/h1-22,35H. The summed E-state index contributed by atoms with van der Waals surface area (Å²) in [5.41, 5.74) is 5.18. The first-order valence-electron chi connectivity index (χ1n) is 12.5. The lowest BCUT2D eigenvalue weighted by atomic mass is 9.97. The summed E-state index contributed by atoms with van der Waals surface area (Å²) >= 11 is 0. The van der Waals surface area contributed by atoms with Crippen LogP contribution in [-0.2, 0) is 0 Å². The van der Waals surface area contributed by atoms with Gasteiger partial charge in [-0.2, -0.15) is 0 Å². The molecule has 1 aliphatic heterocycles. The van der Waals surface area contributed by atoms with Crippen molar-refractivity contribution in [2.24, 2.45) is 0 Å². The smallest absolute Gasteiger partial charge is 0.180 e. The van der Waals surface area contributed by atoms with Crippen molar-refractivity contribution in [3.63, 3.8) is 0 Å². The zero-order valence-electron chi connectivity index (χ0n) is 19.7. The van der Waals surface area contributed by atoms with Crippen molar-refractivity contribution in [2.45, 2.75) is 0 Å². The fourth-order valence-corrected chi connectivity index (χ4v) is 11.8. The van der Waals surface area contributed by atoms with Gasteiger partial charge in [-0.1, -0.05) is 115 Å². The maximum absolute atomic E-state index is 3.68. The predicted octanol–water partition coefficient (Wildman–Crippen LogP) is 5.83. The Morgan fingerprint density at radius 3 is 1.89 bits per heavy atom. The van der Waals surface area contributed by atoms with Gasteiger partial charge in [0.15, 0.2) is 8.07 Å². The third-order valence-corrected chi connectivity index (χ3v) is 12.9. The normalized spacial score (nSPS) is 13.8. The van der Waals surface area contributed by atoms with Gasteiger partial charge in [-0.25, -0.2) is 0 Å². The summed E-state index contributed by atoms with van der Waals surface area (Å²) < 4.78 is 0. The van der Waals surface area contributed by atoms with Crippen LogP contribution in [0.3, 0.4) is 0 Å². The molecule has 0 atom stereocenters. The summed E-state index contributed by atoms with van der Waals surface area (Å²) in [6.45, 7) is 0. The molecule has 0 spiro atoms. The largest absolute Gasteiger partial charge is 0.354 e. The number of H-pyrrole nitrogens is 1. The molecule has 1 nitrogen and oxygen atoms in total. The fraction of sp³-hybridized carbons (Fsp3) is 0. The second kappa shape index (κ2) is 7.30. The number of para-hydroxylation sites is 1. The Morgan fingerprint density at radius 1 is 0.444 bits per heavy atom. The van der Waals surface area contributed by atoms with E-state index in [2.05, 4.69) is 138 Å². The fourth-order valence-electron chi connectivity index (χ4n) is 6.61. The molecule has 0 unspecified atom stereocenters. The summed E-state index contributed by atoms with van der Waals surface area (Å²) in [6.07, 6.45) is 0. The van der Waals surface area contributed by atoms with E-state index < -0.39 is 8.07 Å². The molecule has 36 heavy (non-hydrogen) atoms. The first kappa shape index (κ1) is 19.9. The molecular weight excluding hydrogens is 450 g/mol. The van der Waals surface area contributed by atoms with Gasteiger partial charge in [-0.3, -0.25) is 0 Å². The van der Waals surface area contributed by atoms with Crippen LogP contribution in [0, 0.1) is 0 Å². The summed E-state index contributed by atoms with van der Waals surface area (Å²) in [7, 11) is -2.45. The van der Waals surface area contributed by atoms with Crippen LogP contribution in [0.25, 0.3) is 43.7 Å². The highest BCUT2D eigenvalue weighted by Crippen LogP contribution is 2.37. The van der Waals surface area contributed by atoms with Crippen LogP contribution >= 0.6 is 0 Å². The minimum absolute atomic E-state index is 1.19. The van der Waals surface area contributed by atoms with E-state index in [1.807, 2.05) is 0 Å². The van der Waals surface area contributed by atoms with Crippen LogP contribution in [0.2, 0.25) is 0 Å². The Hall–Kier alpha value is -4.40. The van der Waals surface area contributed by atoms with E-state index in [1.165, 1.54) is 64.5 Å². The van der Waals surface area contributed by atoms with Gasteiger partial charge < -0.3 is 4.98 Å². The van der Waals surface area contributed by atoms with Gasteiger partial charge in [0.05, 0.1) is 0 Å². The molecule has 7 aromatic rings. The van der Waals surface area contributed by atoms with Gasteiger partial charge in [-0.05, 0) is 60.8 Å². The zero-order valence-corrected chi connectivity index (χ0v) is 20.7. The minimum Gasteiger partial charge on any atom is -0.354 e. The van der Waals surface area contributed by atoms with E-state index in [0.717, 1.165) is 0 Å². The van der Waals surface area contributed by atoms with Crippen LogP contribution < -0.4 is 20.7 Å². The topological polar surface area (TPSA) is 15.8 Å². The lowest BCUT2D eigenvalue weighted by Crippen LogP contribution is -2.72. The van der Waals surface area contributed by atoms with E-state index in [4.69, 9.17) is 0 Å². The molecule has 8 rings (SSSR count). The number of aromatic amines is 1. The maximum Gasteiger partial charge on any atom is 0.180 e. The highest BCUT2D eigenvalue weighted by Gasteiger charge is 2.48. The number of hydrogen-bond acceptors (Lipinski definition) is 0. The number of hydrogen-bond donors (Lipinski definition) is 1. The Kier molecular flexibility index (Phi) is 4.03. The van der Waals surface area contributed by atoms with E-state index in [-0.39, 0.29) is 0 Å². The molecule has 1 N–H and O–H groups in total. The highest BCUT2D eigenvalue weighted by molar-refractivity contribution is 7.22. The average molecular weight is 474 g/mol. The van der Waals surface area contributed by atoms with E-state index in [0.29, 0.717) is 0 Å². The Balaban J connectivity index is 1.55. The van der Waals surface area contributed by atoms with Gasteiger partial charge in [0.2, 0.25) is 0 Å². The van der Waals surface area contributed by atoms with Crippen molar-refractivity contribution in [3.05, 3.63) is 133 Å². The van der Waals surface area contributed by atoms with Gasteiger partial charge >= 0.3 is 0 Å². The maximum atomic E-state index is 3.68. The van der Waals surface area contributed by atoms with Crippen molar-refractivity contribution < 1.29 is 0 Å². The van der Waals surface area contributed by atoms with Crippen molar-refractivity contribution in [3.8, 4) is 11.1 Å². The molecule has 0 amide bonds. The molecule has 168 valence electrons. The van der Waals surface area contributed by atoms with Crippen molar-refractivity contribution in [1.29, 1.82) is 0 Å². The molecule has 0 fully saturated rings. The third kappa shape index (κ3) is 2.49. The Morgan fingerprint density at radius 2 is 1.11 bits per heavy atom. The average Bonchev–Trinajstić information content (AvgIpc) is 3.46. The summed E-state index contributed by atoms with van der Waals surface area (Å²) in [6, 6.07) is 49.7. The molecule has 6 aromatic carbocycles. The summed E-state index contributed by atoms with van der Waals surface area (Å²) in [5, 5.41) is 11.1. The minimum atomic E-state index is -2.45. The van der Waals surface area contributed by atoms with Crippen molar-refractivity contribution in [2.75, 3.05) is 0 Å². The van der Waals surface area contributed by atoms with Crippen LogP contribution in [0.1, 0.15) is 0 Å².